The van der Waals surface area contributed by atoms with Crippen molar-refractivity contribution in [3.05, 3.63) is 30.1 Å². The largest absolute Gasteiger partial charge is 0.735 e. The number of hydrogen-bond donors (Lipinski definition) is 0. The maximum Gasteiger partial charge on any atom is 0.735 e. The van der Waals surface area contributed by atoms with Gasteiger partial charge in [-0.15, -0.1) is 4.20 Å². The van der Waals surface area contributed by atoms with Crippen molar-refractivity contribution >= 4 is 27.1 Å². The zero-order valence-corrected chi connectivity index (χ0v) is 8.36. The van der Waals surface area contributed by atoms with Crippen LogP contribution in [0.4, 0.5) is 8.59 Å². The molecule has 0 bridgehead atoms. The SMILES string of the molecule is O=P1(F)[O][Al]([c]2ccc(F)cc2)[O]1. The fourth-order valence-corrected chi connectivity index (χ4v) is 4.35. The predicted molar refractivity (Wildman–Crippen MR) is 42.7 cm³/mol. The quantitative estimate of drug-likeness (QED) is 0.533. The van der Waals surface area contributed by atoms with Crippen LogP contribution in [0.2, 0.25) is 0 Å². The van der Waals surface area contributed by atoms with Crippen molar-refractivity contribution in [2.75, 3.05) is 0 Å². The van der Waals surface area contributed by atoms with Crippen molar-refractivity contribution in [3.63, 3.8) is 0 Å². The van der Waals surface area contributed by atoms with Gasteiger partial charge >= 0.3 is 22.7 Å². The fraction of sp³-hybridized carbons (Fsp3) is 0. The second-order valence-corrected chi connectivity index (χ2v) is 6.40. The Bertz CT molecular complexity index is 359. The van der Waals surface area contributed by atoms with E-state index in [9.17, 15) is 13.2 Å². The Morgan fingerprint density at radius 1 is 1.23 bits per heavy atom. The molecule has 13 heavy (non-hydrogen) atoms. The topological polar surface area (TPSA) is 35.5 Å². The molecule has 0 N–H and O–H groups in total. The van der Waals surface area contributed by atoms with Gasteiger partial charge in [-0.3, -0.25) is 0 Å². The van der Waals surface area contributed by atoms with Crippen LogP contribution >= 0.6 is 7.91 Å². The lowest BCUT2D eigenvalue weighted by Crippen LogP contribution is -2.41. The van der Waals surface area contributed by atoms with E-state index in [1.165, 1.54) is 24.3 Å². The first-order valence-electron chi connectivity index (χ1n) is 3.49. The standard InChI is InChI=1S/C6H4F.Al.FH2O3P/c7-6-4-2-1-3-5-6;;1-5(2,3)4/h2-5H;;(H2,2,3,4)/q;+2;/p-2. The molecule has 0 spiro atoms. The van der Waals surface area contributed by atoms with Crippen molar-refractivity contribution in [3.8, 4) is 0 Å². The van der Waals surface area contributed by atoms with Gasteiger partial charge in [0, 0.05) is 0 Å². The van der Waals surface area contributed by atoms with Crippen LogP contribution in [0.25, 0.3) is 0 Å². The minimum Gasteiger partial charge on any atom is -0.381 e. The van der Waals surface area contributed by atoms with Gasteiger partial charge in [0.05, 0.1) is 0 Å². The summed E-state index contributed by atoms with van der Waals surface area (Å²) in [4.78, 5) is 0. The van der Waals surface area contributed by atoms with Crippen LogP contribution < -0.4 is 4.43 Å². The molecule has 0 aromatic heterocycles. The number of halogens is 2. The molecule has 3 nitrogen and oxygen atoms in total. The van der Waals surface area contributed by atoms with Crippen molar-refractivity contribution in [2.45, 2.75) is 0 Å². The fourth-order valence-electron chi connectivity index (χ4n) is 0.978. The highest BCUT2D eigenvalue weighted by Gasteiger charge is 2.52. The molecule has 1 aromatic carbocycles. The summed E-state index contributed by atoms with van der Waals surface area (Å²) in [5.41, 5.74) is 0. The molecule has 0 saturated carbocycles. The summed E-state index contributed by atoms with van der Waals surface area (Å²) < 4.78 is 44.5. The molecule has 2 rings (SSSR count). The summed E-state index contributed by atoms with van der Waals surface area (Å²) in [6.07, 6.45) is 0. The van der Waals surface area contributed by atoms with E-state index in [1.54, 1.807) is 0 Å². The van der Waals surface area contributed by atoms with E-state index >= 15 is 0 Å². The van der Waals surface area contributed by atoms with Gasteiger partial charge in [-0.1, -0.05) is 12.1 Å². The van der Waals surface area contributed by atoms with E-state index in [0.717, 1.165) is 0 Å². The van der Waals surface area contributed by atoms with Gasteiger partial charge in [0.25, 0.3) is 0 Å². The Kier molecular flexibility index (Phi) is 2.27. The maximum atomic E-state index is 12.4. The van der Waals surface area contributed by atoms with E-state index in [2.05, 4.69) is 7.15 Å². The zero-order valence-electron chi connectivity index (χ0n) is 6.31. The summed E-state index contributed by atoms with van der Waals surface area (Å²) in [6, 6.07) is 5.31. The molecule has 1 aliphatic heterocycles. The molecule has 0 atom stereocenters. The first-order valence-corrected chi connectivity index (χ1v) is 6.44. The minimum absolute atomic E-state index is 0.388. The van der Waals surface area contributed by atoms with Crippen molar-refractivity contribution in [1.82, 2.24) is 0 Å². The second kappa shape index (κ2) is 3.16. The van der Waals surface area contributed by atoms with Gasteiger partial charge in [-0.05, 0) is 16.6 Å². The van der Waals surface area contributed by atoms with E-state index in [0.29, 0.717) is 4.43 Å². The molecule has 0 radical (unpaired) electrons. The third kappa shape index (κ3) is 1.99. The highest BCUT2D eigenvalue weighted by Crippen LogP contribution is 2.58. The minimum atomic E-state index is -4.23. The third-order valence-corrected chi connectivity index (χ3v) is 6.06. The molecular formula is C6H4AlF2O3P. The summed E-state index contributed by atoms with van der Waals surface area (Å²) in [5, 5.41) is 0. The van der Waals surface area contributed by atoms with Crippen molar-refractivity contribution < 1.29 is 20.3 Å². The van der Waals surface area contributed by atoms with Gasteiger partial charge in [0.2, 0.25) is 0 Å². The molecule has 1 heterocycles. The van der Waals surface area contributed by atoms with Crippen LogP contribution in [0, 0.1) is 5.82 Å². The van der Waals surface area contributed by atoms with Crippen LogP contribution in [0.1, 0.15) is 0 Å². The van der Waals surface area contributed by atoms with Gasteiger partial charge in [0.15, 0.2) is 0 Å². The molecule has 1 aromatic rings. The number of hydrogen-bond acceptors (Lipinski definition) is 3. The smallest absolute Gasteiger partial charge is 0.381 e. The van der Waals surface area contributed by atoms with Gasteiger partial charge < -0.3 is 7.15 Å². The van der Waals surface area contributed by atoms with Crippen LogP contribution in [-0.4, -0.2) is 14.8 Å². The van der Waals surface area contributed by atoms with Crippen LogP contribution in [0.5, 0.6) is 0 Å². The number of benzene rings is 1. The summed E-state index contributed by atoms with van der Waals surface area (Å²) >= 11 is -2.31. The Hall–Kier alpha value is -0.238. The molecule has 1 fully saturated rings. The Labute approximate surface area is 78.0 Å². The normalized spacial score (nSPS) is 19.7. The lowest BCUT2D eigenvalue weighted by molar-refractivity contribution is 0.247. The Morgan fingerprint density at radius 2 is 1.77 bits per heavy atom. The molecule has 68 valence electrons. The van der Waals surface area contributed by atoms with Crippen LogP contribution in [-0.2, 0) is 11.7 Å². The molecule has 1 aliphatic rings. The van der Waals surface area contributed by atoms with Crippen LogP contribution in [0.3, 0.4) is 0 Å². The Morgan fingerprint density at radius 3 is 2.23 bits per heavy atom. The lowest BCUT2D eigenvalue weighted by atomic mass is 10.3. The van der Waals surface area contributed by atoms with Gasteiger partial charge in [0.1, 0.15) is 5.82 Å². The molecule has 0 unspecified atom stereocenters. The lowest BCUT2D eigenvalue weighted by Gasteiger charge is -2.25. The first-order chi connectivity index (χ1) is 6.07. The van der Waals surface area contributed by atoms with Gasteiger partial charge in [-0.25, -0.2) is 8.96 Å². The molecule has 7 heteroatoms. The summed E-state index contributed by atoms with van der Waals surface area (Å²) in [7, 11) is -4.23. The van der Waals surface area contributed by atoms with E-state index in [-0.39, 0.29) is 5.82 Å². The van der Waals surface area contributed by atoms with E-state index in [1.807, 2.05) is 0 Å². The highest BCUT2D eigenvalue weighted by atomic mass is 31.2. The molecular weight excluding hydrogens is 216 g/mol. The predicted octanol–water partition coefficient (Wildman–Crippen LogP) is 1.65. The van der Waals surface area contributed by atoms with Crippen LogP contribution in [0.15, 0.2) is 24.3 Å². The third-order valence-electron chi connectivity index (χ3n) is 1.59. The summed E-state index contributed by atoms with van der Waals surface area (Å²) in [6.45, 7) is 0. The van der Waals surface area contributed by atoms with E-state index in [4.69, 9.17) is 0 Å². The average Bonchev–Trinajstić information content (AvgIpc) is 2.01. The highest BCUT2D eigenvalue weighted by molar-refractivity contribution is 7.54. The molecule has 0 amide bonds. The number of rotatable bonds is 1. The average molecular weight is 220 g/mol. The van der Waals surface area contributed by atoms with Crippen molar-refractivity contribution in [2.24, 2.45) is 0 Å². The van der Waals surface area contributed by atoms with E-state index < -0.39 is 22.7 Å². The monoisotopic (exact) mass is 220 g/mol. The first kappa shape index (κ1) is 9.32. The maximum absolute atomic E-state index is 12.4. The zero-order chi connectivity index (χ0) is 9.47. The molecule has 1 saturated heterocycles. The summed E-state index contributed by atoms with van der Waals surface area (Å²) in [5.74, 6) is -0.388. The second-order valence-electron chi connectivity index (χ2n) is 2.52. The van der Waals surface area contributed by atoms with Gasteiger partial charge in [-0.2, -0.15) is 0 Å². The molecule has 0 aliphatic carbocycles. The Balaban J connectivity index is 2.12. The van der Waals surface area contributed by atoms with Crippen molar-refractivity contribution in [1.29, 1.82) is 0 Å².